The smallest absolute Gasteiger partial charge is 0.462 e. The van der Waals surface area contributed by atoms with Crippen molar-refractivity contribution in [1.82, 2.24) is 0 Å². The van der Waals surface area contributed by atoms with E-state index in [4.69, 9.17) is 37.0 Å². The van der Waals surface area contributed by atoms with Crippen molar-refractivity contribution in [2.24, 2.45) is 5.92 Å². The van der Waals surface area contributed by atoms with Gasteiger partial charge in [-0.3, -0.25) is 37.3 Å². The van der Waals surface area contributed by atoms with Gasteiger partial charge in [-0.15, -0.1) is 0 Å². The van der Waals surface area contributed by atoms with Crippen LogP contribution in [0.1, 0.15) is 439 Å². The van der Waals surface area contributed by atoms with Crippen LogP contribution in [0.25, 0.3) is 0 Å². The van der Waals surface area contributed by atoms with E-state index in [1.165, 1.54) is 263 Å². The fourth-order valence-electron chi connectivity index (χ4n) is 12.7. The molecule has 0 aromatic heterocycles. The van der Waals surface area contributed by atoms with Crippen molar-refractivity contribution in [3.05, 3.63) is 0 Å². The molecule has 600 valence electrons. The second kappa shape index (κ2) is 74.9. The van der Waals surface area contributed by atoms with E-state index in [1.807, 2.05) is 0 Å². The van der Waals surface area contributed by atoms with Crippen LogP contribution in [0, 0.1) is 5.92 Å². The largest absolute Gasteiger partial charge is 0.472 e. The van der Waals surface area contributed by atoms with Crippen molar-refractivity contribution in [2.45, 2.75) is 457 Å². The van der Waals surface area contributed by atoms with Crippen LogP contribution in [0.4, 0.5) is 0 Å². The van der Waals surface area contributed by atoms with Crippen LogP contribution in [0.5, 0.6) is 0 Å². The van der Waals surface area contributed by atoms with Gasteiger partial charge in [0.25, 0.3) is 0 Å². The zero-order valence-corrected chi connectivity index (χ0v) is 67.8. The Hall–Kier alpha value is -1.94. The number of phosphoric ester groups is 2. The third-order valence-electron chi connectivity index (χ3n) is 19.6. The number of aliphatic hydroxyl groups is 1. The SMILES string of the molecule is CCCCCCCCCCCCCCCCCCCC(=O)OC[C@H](COP(=O)(O)OC[C@@H](O)COP(=O)(O)OC[C@@H](COC(=O)CCCCCCCCCCCCCCC)OC(=O)CCCCCCCCCCCCCCC)OC(=O)CCCCCCCCCCCCCCCCC(C)CC. The summed E-state index contributed by atoms with van der Waals surface area (Å²) in [5.41, 5.74) is 0. The number of unbranched alkanes of at least 4 members (excludes halogenated alkanes) is 53. The van der Waals surface area contributed by atoms with Gasteiger partial charge in [-0.05, 0) is 31.6 Å². The van der Waals surface area contributed by atoms with Crippen LogP contribution in [-0.4, -0.2) is 96.7 Å². The highest BCUT2D eigenvalue weighted by molar-refractivity contribution is 7.47. The highest BCUT2D eigenvalue weighted by Crippen LogP contribution is 2.45. The lowest BCUT2D eigenvalue weighted by molar-refractivity contribution is -0.161. The predicted octanol–water partition coefficient (Wildman–Crippen LogP) is 24.8. The van der Waals surface area contributed by atoms with Gasteiger partial charge in [-0.25, -0.2) is 9.13 Å². The molecule has 0 saturated heterocycles. The quantitative estimate of drug-likeness (QED) is 0.0222. The molecule has 3 unspecified atom stereocenters. The van der Waals surface area contributed by atoms with Crippen molar-refractivity contribution in [3.63, 3.8) is 0 Å². The van der Waals surface area contributed by atoms with Gasteiger partial charge in [0.15, 0.2) is 12.2 Å². The molecule has 0 aliphatic rings. The summed E-state index contributed by atoms with van der Waals surface area (Å²) in [6.45, 7) is 7.40. The number of hydrogen-bond acceptors (Lipinski definition) is 15. The fourth-order valence-corrected chi connectivity index (χ4v) is 14.3. The van der Waals surface area contributed by atoms with E-state index in [0.29, 0.717) is 25.7 Å². The van der Waals surface area contributed by atoms with Gasteiger partial charge in [-0.2, -0.15) is 0 Å². The van der Waals surface area contributed by atoms with Gasteiger partial charge in [-0.1, -0.05) is 388 Å². The van der Waals surface area contributed by atoms with Gasteiger partial charge in [0.2, 0.25) is 0 Å². The number of hydrogen-bond donors (Lipinski definition) is 3. The lowest BCUT2D eigenvalue weighted by Crippen LogP contribution is -2.30. The molecule has 0 aromatic rings. The van der Waals surface area contributed by atoms with E-state index < -0.39 is 97.5 Å². The Morgan fingerprint density at radius 2 is 0.475 bits per heavy atom. The van der Waals surface area contributed by atoms with Crippen molar-refractivity contribution in [2.75, 3.05) is 39.6 Å². The third-order valence-corrected chi connectivity index (χ3v) is 21.5. The average molecular weight is 1480 g/mol. The van der Waals surface area contributed by atoms with Crippen molar-refractivity contribution in [1.29, 1.82) is 0 Å². The van der Waals surface area contributed by atoms with Crippen LogP contribution in [-0.2, 0) is 65.4 Å². The van der Waals surface area contributed by atoms with Gasteiger partial charge in [0.05, 0.1) is 26.4 Å². The summed E-state index contributed by atoms with van der Waals surface area (Å²) in [7, 11) is -9.92. The summed E-state index contributed by atoms with van der Waals surface area (Å²) in [4.78, 5) is 73.1. The highest BCUT2D eigenvalue weighted by atomic mass is 31.2. The number of esters is 4. The standard InChI is InChI=1S/C82H160O17P2/c1-6-10-13-16-19-22-25-28-29-30-31-37-41-46-51-56-61-66-80(85)93-72-78(99-82(87)68-63-58-53-48-43-38-33-32-36-39-44-49-54-59-64-75(5)9-4)74-97-101(90,91)95-70-76(83)69-94-100(88,89)96-73-77(98-81(86)67-62-57-52-47-42-35-27-24-21-18-15-12-8-3)71-92-79(84)65-60-55-50-45-40-34-26-23-20-17-14-11-7-2/h75-78,83H,6-74H2,1-5H3,(H,88,89)(H,90,91)/t75?,76-,77+,78+/m0/s1. The number of aliphatic hydroxyl groups excluding tert-OH is 1. The summed E-state index contributed by atoms with van der Waals surface area (Å²) in [5, 5.41) is 10.7. The molecule has 101 heavy (non-hydrogen) atoms. The molecule has 0 aliphatic heterocycles. The maximum Gasteiger partial charge on any atom is 0.472 e. The first-order valence-corrected chi connectivity index (χ1v) is 45.7. The van der Waals surface area contributed by atoms with Gasteiger partial charge in [0, 0.05) is 25.7 Å². The van der Waals surface area contributed by atoms with Crippen molar-refractivity contribution >= 4 is 39.5 Å². The van der Waals surface area contributed by atoms with Gasteiger partial charge < -0.3 is 33.8 Å². The topological polar surface area (TPSA) is 237 Å². The van der Waals surface area contributed by atoms with Crippen LogP contribution in [0.2, 0.25) is 0 Å². The number of phosphoric acid groups is 2. The van der Waals surface area contributed by atoms with Crippen LogP contribution < -0.4 is 0 Å². The second-order valence-electron chi connectivity index (χ2n) is 29.8. The monoisotopic (exact) mass is 1480 g/mol. The number of rotatable bonds is 82. The Kier molecular flexibility index (Phi) is 73.5. The Bertz CT molecular complexity index is 1930. The van der Waals surface area contributed by atoms with E-state index in [9.17, 15) is 43.2 Å². The fraction of sp³-hybridized carbons (Fsp3) is 0.951. The third kappa shape index (κ3) is 74.7. The van der Waals surface area contributed by atoms with Crippen molar-refractivity contribution < 1.29 is 80.2 Å². The summed E-state index contributed by atoms with van der Waals surface area (Å²) in [6.07, 6.45) is 66.3. The summed E-state index contributed by atoms with van der Waals surface area (Å²) in [6, 6.07) is 0. The van der Waals surface area contributed by atoms with E-state index >= 15 is 0 Å². The minimum atomic E-state index is -4.96. The number of carbonyl (C=O) groups excluding carboxylic acids is 4. The van der Waals surface area contributed by atoms with E-state index in [1.54, 1.807) is 0 Å². The molecule has 3 N–H and O–H groups in total. The molecule has 6 atom stereocenters. The molecule has 0 rings (SSSR count). The minimum Gasteiger partial charge on any atom is -0.462 e. The first-order chi connectivity index (χ1) is 49.1. The minimum absolute atomic E-state index is 0.108. The van der Waals surface area contributed by atoms with Crippen LogP contribution in [0.15, 0.2) is 0 Å². The molecule has 0 spiro atoms. The number of ether oxygens (including phenoxy) is 4. The maximum absolute atomic E-state index is 13.1. The molecule has 0 heterocycles. The molecule has 0 bridgehead atoms. The van der Waals surface area contributed by atoms with Gasteiger partial charge in [0.1, 0.15) is 19.3 Å². The summed E-state index contributed by atoms with van der Waals surface area (Å²) < 4.78 is 68.8. The van der Waals surface area contributed by atoms with Gasteiger partial charge >= 0.3 is 39.5 Å². The zero-order valence-electron chi connectivity index (χ0n) is 66.1. The summed E-state index contributed by atoms with van der Waals surface area (Å²) >= 11 is 0. The first-order valence-electron chi connectivity index (χ1n) is 42.7. The Balaban J connectivity index is 5.26. The molecule has 0 saturated carbocycles. The van der Waals surface area contributed by atoms with Crippen LogP contribution >= 0.6 is 15.6 Å². The summed E-state index contributed by atoms with van der Waals surface area (Å²) in [5.74, 6) is -1.26. The average Bonchev–Trinajstić information content (AvgIpc) is 0.931. The van der Waals surface area contributed by atoms with E-state index in [-0.39, 0.29) is 25.7 Å². The lowest BCUT2D eigenvalue weighted by Gasteiger charge is -2.21. The molecule has 0 radical (unpaired) electrons. The molecule has 0 amide bonds. The Labute approximate surface area is 619 Å². The predicted molar refractivity (Wildman–Crippen MR) is 414 cm³/mol. The molecule has 19 heteroatoms. The molecular weight excluding hydrogens is 1320 g/mol. The highest BCUT2D eigenvalue weighted by Gasteiger charge is 2.30. The lowest BCUT2D eigenvalue weighted by atomic mass is 9.99. The normalized spacial score (nSPS) is 14.1. The molecule has 0 fully saturated rings. The van der Waals surface area contributed by atoms with E-state index in [2.05, 4.69) is 34.6 Å². The Morgan fingerprint density at radius 1 is 0.277 bits per heavy atom. The maximum atomic E-state index is 13.1. The molecule has 17 nitrogen and oxygen atoms in total. The molecule has 0 aromatic carbocycles. The Morgan fingerprint density at radius 3 is 0.703 bits per heavy atom. The van der Waals surface area contributed by atoms with Crippen molar-refractivity contribution in [3.8, 4) is 0 Å². The molecular formula is C82H160O17P2. The molecule has 0 aliphatic carbocycles. The van der Waals surface area contributed by atoms with Crippen LogP contribution in [0.3, 0.4) is 0 Å². The zero-order chi connectivity index (χ0) is 74.1. The second-order valence-corrected chi connectivity index (χ2v) is 32.7. The number of carbonyl (C=O) groups is 4. The van der Waals surface area contributed by atoms with E-state index in [0.717, 1.165) is 95.8 Å². The first kappa shape index (κ1) is 99.1.